The average Bonchev–Trinajstić information content (AvgIpc) is 3.17. The molecule has 0 N–H and O–H groups in total. The highest BCUT2D eigenvalue weighted by atomic mass is 79.9. The lowest BCUT2D eigenvalue weighted by atomic mass is 10.2. The van der Waals surface area contributed by atoms with Gasteiger partial charge in [-0.1, -0.05) is 17.7 Å². The van der Waals surface area contributed by atoms with Crippen LogP contribution in [0.25, 0.3) is 0 Å². The van der Waals surface area contributed by atoms with Crippen molar-refractivity contribution < 1.29 is 17.3 Å². The molecule has 0 unspecified atom stereocenters. The zero-order chi connectivity index (χ0) is 20.1. The van der Waals surface area contributed by atoms with Crippen LogP contribution in [-0.4, -0.2) is 36.1 Å². The molecule has 1 aromatic heterocycles. The first-order chi connectivity index (χ1) is 13.4. The molecule has 1 heterocycles. The van der Waals surface area contributed by atoms with Crippen molar-refractivity contribution in [2.45, 2.75) is 18.7 Å². The highest BCUT2D eigenvalue weighted by Gasteiger charge is 2.22. The van der Waals surface area contributed by atoms with Crippen LogP contribution < -0.4 is 8.92 Å². The molecular weight excluding hydrogens is 448 g/mol. The molecule has 3 aromatic rings. The minimum atomic E-state index is -4.02. The molecule has 146 valence electrons. The van der Waals surface area contributed by atoms with Crippen LogP contribution in [0, 0.1) is 6.92 Å². The van der Waals surface area contributed by atoms with Gasteiger partial charge in [0.25, 0.3) is 0 Å². The summed E-state index contributed by atoms with van der Waals surface area (Å²) in [5.41, 5.74) is 1.62. The predicted octanol–water partition coefficient (Wildman–Crippen LogP) is 3.40. The predicted molar refractivity (Wildman–Crippen MR) is 107 cm³/mol. The van der Waals surface area contributed by atoms with Gasteiger partial charge in [-0.05, 0) is 59.6 Å². The SMILES string of the molecule is CCOc1cc(C=Nn2cnnc2)cc(Br)c1OS(=O)(=O)c1ccc(C)cc1. The number of aromatic nitrogens is 3. The summed E-state index contributed by atoms with van der Waals surface area (Å²) in [5.74, 6) is 0.349. The van der Waals surface area contributed by atoms with Gasteiger partial charge in [0.2, 0.25) is 0 Å². The molecule has 0 saturated heterocycles. The second-order valence-corrected chi connectivity index (χ2v) is 8.10. The van der Waals surface area contributed by atoms with Crippen molar-refractivity contribution in [3.05, 3.63) is 64.7 Å². The Balaban J connectivity index is 1.94. The van der Waals surface area contributed by atoms with E-state index in [9.17, 15) is 8.42 Å². The summed E-state index contributed by atoms with van der Waals surface area (Å²) in [6, 6.07) is 9.73. The minimum absolute atomic E-state index is 0.0608. The Labute approximate surface area is 171 Å². The quantitative estimate of drug-likeness (QED) is 0.392. The van der Waals surface area contributed by atoms with Crippen LogP contribution in [-0.2, 0) is 10.1 Å². The van der Waals surface area contributed by atoms with E-state index in [0.717, 1.165) is 5.56 Å². The fourth-order valence-corrected chi connectivity index (χ4v) is 3.86. The first-order valence-electron chi connectivity index (χ1n) is 8.25. The fourth-order valence-electron chi connectivity index (χ4n) is 2.26. The van der Waals surface area contributed by atoms with Crippen molar-refractivity contribution in [3.8, 4) is 11.5 Å². The highest BCUT2D eigenvalue weighted by molar-refractivity contribution is 9.10. The van der Waals surface area contributed by atoms with Crippen molar-refractivity contribution in [1.82, 2.24) is 14.9 Å². The number of ether oxygens (including phenoxy) is 1. The maximum Gasteiger partial charge on any atom is 0.339 e. The first kappa shape index (κ1) is 20.0. The molecule has 0 aliphatic rings. The second-order valence-electron chi connectivity index (χ2n) is 5.70. The van der Waals surface area contributed by atoms with Gasteiger partial charge in [0.1, 0.15) is 17.6 Å². The van der Waals surface area contributed by atoms with Crippen LogP contribution in [0.3, 0.4) is 0 Å². The molecule has 2 aromatic carbocycles. The fraction of sp³-hybridized carbons (Fsp3) is 0.167. The highest BCUT2D eigenvalue weighted by Crippen LogP contribution is 2.38. The number of halogens is 1. The summed E-state index contributed by atoms with van der Waals surface area (Å²) in [6.07, 6.45) is 4.45. The maximum atomic E-state index is 12.6. The Bertz CT molecular complexity index is 1080. The smallest absolute Gasteiger partial charge is 0.339 e. The van der Waals surface area contributed by atoms with Crippen LogP contribution in [0.4, 0.5) is 0 Å². The van der Waals surface area contributed by atoms with Crippen LogP contribution in [0.2, 0.25) is 0 Å². The van der Waals surface area contributed by atoms with Crippen molar-refractivity contribution >= 4 is 32.3 Å². The Kier molecular flexibility index (Phi) is 6.10. The van der Waals surface area contributed by atoms with Crippen molar-refractivity contribution in [2.75, 3.05) is 6.61 Å². The second kappa shape index (κ2) is 8.53. The zero-order valence-corrected chi connectivity index (χ0v) is 17.5. The van der Waals surface area contributed by atoms with E-state index in [-0.39, 0.29) is 16.4 Å². The standard InChI is InChI=1S/C18H17BrN4O4S/c1-3-26-17-9-14(10-22-23-11-20-21-12-23)8-16(19)18(17)27-28(24,25)15-6-4-13(2)5-7-15/h4-12H,3H2,1-2H3. The van der Waals surface area contributed by atoms with Crippen LogP contribution in [0.1, 0.15) is 18.1 Å². The molecule has 10 heteroatoms. The number of nitrogens with zero attached hydrogens (tertiary/aromatic N) is 4. The molecule has 0 amide bonds. The van der Waals surface area contributed by atoms with Crippen LogP contribution >= 0.6 is 15.9 Å². The van der Waals surface area contributed by atoms with E-state index in [2.05, 4.69) is 31.2 Å². The molecule has 0 spiro atoms. The lowest BCUT2D eigenvalue weighted by Crippen LogP contribution is -2.11. The van der Waals surface area contributed by atoms with Gasteiger partial charge in [-0.2, -0.15) is 13.5 Å². The third-order valence-electron chi connectivity index (χ3n) is 3.58. The van der Waals surface area contributed by atoms with Gasteiger partial charge >= 0.3 is 10.1 Å². The molecule has 0 bridgehead atoms. The molecular formula is C18H17BrN4O4S. The Morgan fingerprint density at radius 2 is 1.86 bits per heavy atom. The van der Waals surface area contributed by atoms with Gasteiger partial charge in [0.15, 0.2) is 11.5 Å². The normalized spacial score (nSPS) is 11.7. The summed E-state index contributed by atoms with van der Waals surface area (Å²) >= 11 is 3.36. The summed E-state index contributed by atoms with van der Waals surface area (Å²) in [7, 11) is -4.02. The van der Waals surface area contributed by atoms with E-state index in [1.165, 1.54) is 29.5 Å². The summed E-state index contributed by atoms with van der Waals surface area (Å²) in [5, 5.41) is 11.5. The van der Waals surface area contributed by atoms with Gasteiger partial charge in [0, 0.05) is 0 Å². The Morgan fingerprint density at radius 1 is 1.18 bits per heavy atom. The van der Waals surface area contributed by atoms with Gasteiger partial charge < -0.3 is 8.92 Å². The number of aryl methyl sites for hydroxylation is 1. The molecule has 3 rings (SSSR count). The topological polar surface area (TPSA) is 95.7 Å². The van der Waals surface area contributed by atoms with Crippen molar-refractivity contribution in [2.24, 2.45) is 5.10 Å². The van der Waals surface area contributed by atoms with E-state index in [1.807, 2.05) is 6.92 Å². The minimum Gasteiger partial charge on any atom is -0.490 e. The molecule has 0 aliphatic carbocycles. The van der Waals surface area contributed by atoms with Gasteiger partial charge in [-0.25, -0.2) is 4.68 Å². The number of hydrogen-bond donors (Lipinski definition) is 0. The van der Waals surface area contributed by atoms with E-state index in [1.54, 1.807) is 37.4 Å². The van der Waals surface area contributed by atoms with Gasteiger partial charge in [-0.3, -0.25) is 0 Å². The third kappa shape index (κ3) is 4.76. The van der Waals surface area contributed by atoms with Crippen LogP contribution in [0.5, 0.6) is 11.5 Å². The van der Waals surface area contributed by atoms with Crippen molar-refractivity contribution in [1.29, 1.82) is 0 Å². The summed E-state index contributed by atoms with van der Waals surface area (Å²) in [6.45, 7) is 4.00. The van der Waals surface area contributed by atoms with Gasteiger partial charge in [0.05, 0.1) is 17.3 Å². The zero-order valence-electron chi connectivity index (χ0n) is 15.1. The number of hydrogen-bond acceptors (Lipinski definition) is 7. The molecule has 28 heavy (non-hydrogen) atoms. The Morgan fingerprint density at radius 3 is 2.50 bits per heavy atom. The molecule has 0 radical (unpaired) electrons. The number of benzene rings is 2. The van der Waals surface area contributed by atoms with Gasteiger partial charge in [-0.15, -0.1) is 10.2 Å². The lowest BCUT2D eigenvalue weighted by molar-refractivity contribution is 0.327. The maximum absolute atomic E-state index is 12.6. The van der Waals surface area contributed by atoms with E-state index >= 15 is 0 Å². The summed E-state index contributed by atoms with van der Waals surface area (Å²) < 4.78 is 38.1. The molecule has 0 aliphatic heterocycles. The lowest BCUT2D eigenvalue weighted by Gasteiger charge is -2.14. The van der Waals surface area contributed by atoms with E-state index < -0.39 is 10.1 Å². The van der Waals surface area contributed by atoms with E-state index in [4.69, 9.17) is 8.92 Å². The van der Waals surface area contributed by atoms with Crippen LogP contribution in [0.15, 0.2) is 63.5 Å². The van der Waals surface area contributed by atoms with Crippen molar-refractivity contribution in [3.63, 3.8) is 0 Å². The first-order valence-corrected chi connectivity index (χ1v) is 10.5. The molecule has 0 fully saturated rings. The molecule has 8 nitrogen and oxygen atoms in total. The molecule has 0 atom stereocenters. The van der Waals surface area contributed by atoms with E-state index in [0.29, 0.717) is 16.6 Å². The number of rotatable bonds is 7. The monoisotopic (exact) mass is 464 g/mol. The molecule has 0 saturated carbocycles. The largest absolute Gasteiger partial charge is 0.490 e. The third-order valence-corrected chi connectivity index (χ3v) is 5.41. The Hall–Kier alpha value is -2.72. The summed E-state index contributed by atoms with van der Waals surface area (Å²) in [4.78, 5) is 0.0608. The average molecular weight is 465 g/mol.